The second kappa shape index (κ2) is 5.51. The molecule has 0 saturated heterocycles. The highest BCUT2D eigenvalue weighted by Crippen LogP contribution is 2.10. The van der Waals surface area contributed by atoms with Crippen LogP contribution in [0, 0.1) is 5.41 Å². The highest BCUT2D eigenvalue weighted by molar-refractivity contribution is 6.04. The molecule has 0 bridgehead atoms. The number of aliphatic hydroxyl groups excluding tert-OH is 2. The number of carbonyl (C=O) groups excluding carboxylic acids is 2. The molecule has 1 heterocycles. The van der Waals surface area contributed by atoms with Crippen molar-refractivity contribution in [3.63, 3.8) is 0 Å². The third-order valence-corrected chi connectivity index (χ3v) is 1.41. The number of hydrogen-bond acceptors (Lipinski definition) is 5. The van der Waals surface area contributed by atoms with Crippen molar-refractivity contribution < 1.29 is 24.5 Å². The molecule has 0 atom stereocenters. The van der Waals surface area contributed by atoms with Crippen molar-refractivity contribution in [3.05, 3.63) is 12.2 Å². The highest BCUT2D eigenvalue weighted by Gasteiger charge is 2.13. The number of ether oxygens (including phenoxy) is 1. The Morgan fingerprint density at radius 1 is 1.14 bits per heavy atom. The van der Waals surface area contributed by atoms with Gasteiger partial charge in [-0.3, -0.25) is 0 Å². The van der Waals surface area contributed by atoms with Crippen LogP contribution in [-0.4, -0.2) is 35.4 Å². The van der Waals surface area contributed by atoms with Crippen molar-refractivity contribution in [2.45, 2.75) is 13.8 Å². The number of carbonyl (C=O) groups is 2. The fraction of sp³-hybridized carbons (Fsp3) is 0.556. The molecule has 0 aliphatic carbocycles. The van der Waals surface area contributed by atoms with Crippen molar-refractivity contribution in [1.29, 1.82) is 0 Å². The molecule has 0 amide bonds. The number of aliphatic hydroxyl groups is 2. The van der Waals surface area contributed by atoms with Crippen molar-refractivity contribution in [3.8, 4) is 0 Å². The van der Waals surface area contributed by atoms with E-state index in [9.17, 15) is 9.59 Å². The number of esters is 2. The summed E-state index contributed by atoms with van der Waals surface area (Å²) in [5, 5.41) is 16.9. The minimum Gasteiger partial charge on any atom is -0.396 e. The van der Waals surface area contributed by atoms with Crippen LogP contribution in [0.2, 0.25) is 0 Å². The van der Waals surface area contributed by atoms with E-state index in [0.29, 0.717) is 0 Å². The average molecular weight is 202 g/mol. The van der Waals surface area contributed by atoms with Gasteiger partial charge in [0.2, 0.25) is 0 Å². The lowest BCUT2D eigenvalue weighted by Gasteiger charge is -2.16. The Kier molecular flexibility index (Phi) is 5.04. The SMILES string of the molecule is CC(C)(CO)CO.O=C1C=CC(=O)O1. The standard InChI is InChI=1S/C5H12O2.C4H2O3/c1-5(2,3-6)4-7;5-3-1-2-4(6)7-3/h6-7H,3-4H2,1-2H3;1-2H. The Balaban J connectivity index is 0.000000241. The molecule has 0 unspecified atom stereocenters. The lowest BCUT2D eigenvalue weighted by atomic mass is 9.97. The fourth-order valence-corrected chi connectivity index (χ4v) is 0.353. The third-order valence-electron chi connectivity index (χ3n) is 1.41. The average Bonchev–Trinajstić information content (AvgIpc) is 2.51. The normalized spacial score (nSPS) is 14.9. The van der Waals surface area contributed by atoms with Gasteiger partial charge in [-0.05, 0) is 0 Å². The quantitative estimate of drug-likeness (QED) is 0.471. The molecule has 0 spiro atoms. The maximum atomic E-state index is 9.92. The molecule has 1 rings (SSSR count). The van der Waals surface area contributed by atoms with Gasteiger partial charge in [-0.2, -0.15) is 0 Å². The van der Waals surface area contributed by atoms with Crippen LogP contribution in [0.4, 0.5) is 0 Å². The van der Waals surface area contributed by atoms with Gasteiger partial charge in [0.25, 0.3) is 0 Å². The zero-order valence-electron chi connectivity index (χ0n) is 8.19. The number of hydrogen-bond donors (Lipinski definition) is 2. The molecule has 0 saturated carbocycles. The zero-order chi connectivity index (χ0) is 11.2. The van der Waals surface area contributed by atoms with Crippen molar-refractivity contribution in [2.75, 3.05) is 13.2 Å². The van der Waals surface area contributed by atoms with Crippen LogP contribution < -0.4 is 0 Å². The second-order valence-electron chi connectivity index (χ2n) is 3.55. The first-order chi connectivity index (χ1) is 6.41. The summed E-state index contributed by atoms with van der Waals surface area (Å²) >= 11 is 0. The minimum atomic E-state index is -0.579. The monoisotopic (exact) mass is 202 g/mol. The fourth-order valence-electron chi connectivity index (χ4n) is 0.353. The molecular weight excluding hydrogens is 188 g/mol. The summed E-state index contributed by atoms with van der Waals surface area (Å²) < 4.78 is 3.97. The van der Waals surface area contributed by atoms with E-state index in [1.54, 1.807) is 13.8 Å². The Hall–Kier alpha value is -1.20. The maximum Gasteiger partial charge on any atom is 0.338 e. The molecule has 5 nitrogen and oxygen atoms in total. The van der Waals surface area contributed by atoms with Crippen molar-refractivity contribution >= 4 is 11.9 Å². The summed E-state index contributed by atoms with van der Waals surface area (Å²) in [5.74, 6) is -1.16. The lowest BCUT2D eigenvalue weighted by molar-refractivity contribution is -0.150. The van der Waals surface area contributed by atoms with E-state index in [4.69, 9.17) is 10.2 Å². The van der Waals surface area contributed by atoms with Gasteiger partial charge in [0.05, 0.1) is 13.2 Å². The van der Waals surface area contributed by atoms with Crippen molar-refractivity contribution in [2.24, 2.45) is 5.41 Å². The van der Waals surface area contributed by atoms with Gasteiger partial charge in [-0.25, -0.2) is 9.59 Å². The highest BCUT2D eigenvalue weighted by atomic mass is 16.6. The first-order valence-electron chi connectivity index (χ1n) is 4.07. The van der Waals surface area contributed by atoms with E-state index in [-0.39, 0.29) is 18.6 Å². The molecule has 0 aromatic rings. The van der Waals surface area contributed by atoms with Gasteiger partial charge in [0.15, 0.2) is 0 Å². The van der Waals surface area contributed by atoms with Gasteiger partial charge in [-0.1, -0.05) is 13.8 Å². The van der Waals surface area contributed by atoms with Gasteiger partial charge in [-0.15, -0.1) is 0 Å². The first kappa shape index (κ1) is 12.8. The molecule has 0 aromatic carbocycles. The summed E-state index contributed by atoms with van der Waals surface area (Å²) in [6.07, 6.45) is 2.17. The van der Waals surface area contributed by atoms with Crippen LogP contribution in [0.5, 0.6) is 0 Å². The van der Waals surface area contributed by atoms with Gasteiger partial charge >= 0.3 is 11.9 Å². The van der Waals surface area contributed by atoms with E-state index in [0.717, 1.165) is 12.2 Å². The van der Waals surface area contributed by atoms with Gasteiger partial charge in [0, 0.05) is 17.6 Å². The predicted octanol–water partition coefficient (Wildman–Crippen LogP) is -0.377. The smallest absolute Gasteiger partial charge is 0.338 e. The van der Waals surface area contributed by atoms with E-state index in [2.05, 4.69) is 4.74 Å². The van der Waals surface area contributed by atoms with E-state index < -0.39 is 11.9 Å². The van der Waals surface area contributed by atoms with Crippen LogP contribution in [0.15, 0.2) is 12.2 Å². The molecule has 0 aromatic heterocycles. The summed E-state index contributed by atoms with van der Waals surface area (Å²) in [5.41, 5.74) is -0.306. The minimum absolute atomic E-state index is 0.0451. The third kappa shape index (κ3) is 5.45. The van der Waals surface area contributed by atoms with E-state index in [1.807, 2.05) is 0 Å². The molecule has 0 radical (unpaired) electrons. The maximum absolute atomic E-state index is 9.92. The summed E-state index contributed by atoms with van der Waals surface area (Å²) in [4.78, 5) is 19.8. The topological polar surface area (TPSA) is 83.8 Å². The molecule has 0 fully saturated rings. The number of rotatable bonds is 2. The lowest BCUT2D eigenvalue weighted by Crippen LogP contribution is -2.20. The number of cyclic esters (lactones) is 2. The molecule has 5 heteroatoms. The van der Waals surface area contributed by atoms with Crippen LogP contribution in [0.1, 0.15) is 13.8 Å². The van der Waals surface area contributed by atoms with E-state index in [1.165, 1.54) is 0 Å². The van der Waals surface area contributed by atoms with Crippen LogP contribution >= 0.6 is 0 Å². The summed E-state index contributed by atoms with van der Waals surface area (Å²) in [6.45, 7) is 3.69. The molecule has 1 aliphatic rings. The zero-order valence-corrected chi connectivity index (χ0v) is 8.19. The van der Waals surface area contributed by atoms with E-state index >= 15 is 0 Å². The molecular formula is C9H14O5. The van der Waals surface area contributed by atoms with Crippen LogP contribution in [0.3, 0.4) is 0 Å². The first-order valence-corrected chi connectivity index (χ1v) is 4.07. The van der Waals surface area contributed by atoms with Gasteiger partial charge < -0.3 is 14.9 Å². The predicted molar refractivity (Wildman–Crippen MR) is 48.2 cm³/mol. The molecule has 1 aliphatic heterocycles. The second-order valence-corrected chi connectivity index (χ2v) is 3.55. The summed E-state index contributed by atoms with van der Waals surface area (Å²) in [6, 6.07) is 0. The van der Waals surface area contributed by atoms with Crippen LogP contribution in [-0.2, 0) is 14.3 Å². The van der Waals surface area contributed by atoms with Gasteiger partial charge in [0.1, 0.15) is 0 Å². The largest absolute Gasteiger partial charge is 0.396 e. The van der Waals surface area contributed by atoms with Crippen molar-refractivity contribution in [1.82, 2.24) is 0 Å². The van der Waals surface area contributed by atoms with Crippen LogP contribution in [0.25, 0.3) is 0 Å². The Bertz CT molecular complexity index is 220. The molecule has 80 valence electrons. The molecule has 14 heavy (non-hydrogen) atoms. The molecule has 2 N–H and O–H groups in total. The Labute approximate surface area is 82.0 Å². The summed E-state index contributed by atoms with van der Waals surface area (Å²) in [7, 11) is 0. The Morgan fingerprint density at radius 2 is 1.50 bits per heavy atom. The Morgan fingerprint density at radius 3 is 1.57 bits per heavy atom.